The minimum Gasteiger partial charge on any atom is -0.297 e. The Kier molecular flexibility index (Phi) is 2.50. The first kappa shape index (κ1) is 12.9. The van der Waals surface area contributed by atoms with Gasteiger partial charge in [-0.1, -0.05) is 45.0 Å². The van der Waals surface area contributed by atoms with Crippen LogP contribution in [0, 0.1) is 11.3 Å². The lowest BCUT2D eigenvalue weighted by Crippen LogP contribution is -2.68. The second kappa shape index (κ2) is 3.88. The molecule has 2 aliphatic heterocycles. The molecule has 2 saturated heterocycles. The Morgan fingerprint density at radius 3 is 2.70 bits per heavy atom. The molecule has 4 bridgehead atoms. The van der Waals surface area contributed by atoms with Crippen LogP contribution in [0.1, 0.15) is 51.7 Å². The molecule has 0 N–H and O–H groups in total. The van der Waals surface area contributed by atoms with Crippen molar-refractivity contribution in [3.63, 3.8) is 0 Å². The fourth-order valence-corrected chi connectivity index (χ4v) is 6.14. The Balaban J connectivity index is 1.94. The molecule has 1 aromatic rings. The third-order valence-electron chi connectivity index (χ3n) is 6.70. The zero-order chi connectivity index (χ0) is 14.1. The van der Waals surface area contributed by atoms with Gasteiger partial charge in [0.05, 0.1) is 0 Å². The van der Waals surface area contributed by atoms with Crippen molar-refractivity contribution in [2.45, 2.75) is 64.5 Å². The summed E-state index contributed by atoms with van der Waals surface area (Å²) in [5.74, 6) is 0.815. The van der Waals surface area contributed by atoms with E-state index in [0.29, 0.717) is 10.8 Å². The molecule has 1 nitrogen and oxygen atoms in total. The number of benzene rings is 1. The van der Waals surface area contributed by atoms with Crippen LogP contribution in [-0.4, -0.2) is 23.5 Å². The van der Waals surface area contributed by atoms with E-state index in [4.69, 9.17) is 0 Å². The molecule has 108 valence electrons. The van der Waals surface area contributed by atoms with Gasteiger partial charge in [-0.2, -0.15) is 0 Å². The first-order chi connectivity index (χ1) is 9.43. The molecule has 0 aromatic heterocycles. The molecule has 0 spiro atoms. The van der Waals surface area contributed by atoms with Crippen molar-refractivity contribution in [2.24, 2.45) is 11.3 Å². The van der Waals surface area contributed by atoms with Crippen LogP contribution >= 0.6 is 0 Å². The largest absolute Gasteiger partial charge is 0.297 e. The summed E-state index contributed by atoms with van der Waals surface area (Å²) in [6.45, 7) is 11.3. The molecule has 0 radical (unpaired) electrons. The molecule has 5 unspecified atom stereocenters. The average molecular weight is 269 g/mol. The molecule has 4 rings (SSSR count). The molecule has 5 atom stereocenters. The Morgan fingerprint density at radius 2 is 1.90 bits per heavy atom. The summed E-state index contributed by atoms with van der Waals surface area (Å²) < 4.78 is 0. The lowest BCUT2D eigenvalue weighted by Gasteiger charge is -2.65. The predicted molar refractivity (Wildman–Crippen MR) is 84.0 cm³/mol. The summed E-state index contributed by atoms with van der Waals surface area (Å²) in [7, 11) is 0. The third-order valence-corrected chi connectivity index (χ3v) is 6.70. The zero-order valence-corrected chi connectivity index (χ0v) is 13.3. The number of piperidine rings is 2. The van der Waals surface area contributed by atoms with E-state index in [0.717, 1.165) is 18.0 Å². The first-order valence-electron chi connectivity index (χ1n) is 8.28. The molecule has 2 heterocycles. The number of hydrogen-bond acceptors (Lipinski definition) is 1. The van der Waals surface area contributed by atoms with E-state index < -0.39 is 0 Å². The highest BCUT2D eigenvalue weighted by Gasteiger charge is 2.59. The topological polar surface area (TPSA) is 3.24 Å². The van der Waals surface area contributed by atoms with E-state index >= 15 is 0 Å². The van der Waals surface area contributed by atoms with Crippen molar-refractivity contribution in [1.82, 2.24) is 4.90 Å². The summed E-state index contributed by atoms with van der Waals surface area (Å²) in [5, 5.41) is 0. The van der Waals surface area contributed by atoms with Crippen LogP contribution in [0.3, 0.4) is 0 Å². The molecule has 2 fully saturated rings. The van der Waals surface area contributed by atoms with E-state index in [1.165, 1.54) is 25.8 Å². The molecule has 20 heavy (non-hydrogen) atoms. The molecular formula is C19H27N. The van der Waals surface area contributed by atoms with E-state index in [-0.39, 0.29) is 0 Å². The smallest absolute Gasteiger partial charge is 0.0180 e. The fraction of sp³-hybridized carbons (Fsp3) is 0.684. The van der Waals surface area contributed by atoms with E-state index in [1.807, 2.05) is 0 Å². The maximum atomic E-state index is 2.83. The lowest BCUT2D eigenvalue weighted by atomic mass is 9.48. The van der Waals surface area contributed by atoms with E-state index in [9.17, 15) is 0 Å². The second-order valence-electron chi connectivity index (χ2n) is 8.35. The first-order valence-corrected chi connectivity index (χ1v) is 8.28. The molecular weight excluding hydrogens is 242 g/mol. The van der Waals surface area contributed by atoms with Gasteiger partial charge in [-0.15, -0.1) is 0 Å². The number of fused-ring (bicyclic) bond motifs is 2. The van der Waals surface area contributed by atoms with E-state index in [2.05, 4.69) is 56.9 Å². The van der Waals surface area contributed by atoms with Crippen LogP contribution in [0.5, 0.6) is 0 Å². The second-order valence-corrected chi connectivity index (χ2v) is 8.35. The highest BCUT2D eigenvalue weighted by atomic mass is 15.2. The minimum atomic E-state index is 0.374. The number of rotatable bonds is 0. The van der Waals surface area contributed by atoms with Crippen LogP contribution in [-0.2, 0) is 11.8 Å². The van der Waals surface area contributed by atoms with Crippen molar-refractivity contribution >= 4 is 0 Å². The van der Waals surface area contributed by atoms with Crippen LogP contribution in [0.15, 0.2) is 24.3 Å². The SMILES string of the molecule is CC1CC2(C)c3ccccc3CC3C2C(C)(C)CCN13. The van der Waals surface area contributed by atoms with Gasteiger partial charge in [0, 0.05) is 12.1 Å². The van der Waals surface area contributed by atoms with Crippen molar-refractivity contribution in [3.8, 4) is 0 Å². The quantitative estimate of drug-likeness (QED) is 0.688. The van der Waals surface area contributed by atoms with Gasteiger partial charge in [0.25, 0.3) is 0 Å². The van der Waals surface area contributed by atoms with Gasteiger partial charge in [0.15, 0.2) is 0 Å². The highest BCUT2D eigenvalue weighted by molar-refractivity contribution is 5.41. The molecule has 0 saturated carbocycles. The zero-order valence-electron chi connectivity index (χ0n) is 13.3. The third kappa shape index (κ3) is 1.48. The maximum Gasteiger partial charge on any atom is 0.0180 e. The lowest BCUT2D eigenvalue weighted by molar-refractivity contribution is -0.111. The molecule has 3 aliphatic rings. The van der Waals surface area contributed by atoms with Crippen molar-refractivity contribution < 1.29 is 0 Å². The van der Waals surface area contributed by atoms with Crippen LogP contribution < -0.4 is 0 Å². The van der Waals surface area contributed by atoms with Crippen molar-refractivity contribution in [1.29, 1.82) is 0 Å². The van der Waals surface area contributed by atoms with Gasteiger partial charge in [-0.3, -0.25) is 4.90 Å². The summed E-state index contributed by atoms with van der Waals surface area (Å²) in [4.78, 5) is 2.83. The maximum absolute atomic E-state index is 2.83. The number of hydrogen-bond donors (Lipinski definition) is 0. The van der Waals surface area contributed by atoms with Crippen molar-refractivity contribution in [2.75, 3.05) is 6.54 Å². The van der Waals surface area contributed by atoms with E-state index in [1.54, 1.807) is 11.1 Å². The Hall–Kier alpha value is -0.820. The van der Waals surface area contributed by atoms with Crippen LogP contribution in [0.4, 0.5) is 0 Å². The Labute approximate surface area is 123 Å². The number of nitrogens with zero attached hydrogens (tertiary/aromatic N) is 1. The van der Waals surface area contributed by atoms with Crippen LogP contribution in [0.25, 0.3) is 0 Å². The van der Waals surface area contributed by atoms with Crippen LogP contribution in [0.2, 0.25) is 0 Å². The Bertz CT molecular complexity index is 546. The standard InChI is InChI=1S/C19H27N/c1-13-12-19(4)15-8-6-5-7-14(15)11-16-17(19)18(2,3)9-10-20(13)16/h5-8,13,16-17H,9-12H2,1-4H3. The molecule has 1 aliphatic carbocycles. The monoisotopic (exact) mass is 269 g/mol. The summed E-state index contributed by atoms with van der Waals surface area (Å²) in [6.07, 6.45) is 3.95. The normalized spacial score (nSPS) is 44.8. The van der Waals surface area contributed by atoms with Gasteiger partial charge in [-0.05, 0) is 60.6 Å². The van der Waals surface area contributed by atoms with Gasteiger partial charge in [-0.25, -0.2) is 0 Å². The average Bonchev–Trinajstić information content (AvgIpc) is 2.36. The predicted octanol–water partition coefficient (Wildman–Crippen LogP) is 4.01. The van der Waals surface area contributed by atoms with Gasteiger partial charge < -0.3 is 0 Å². The molecule has 1 heteroatoms. The van der Waals surface area contributed by atoms with Gasteiger partial charge in [0.1, 0.15) is 0 Å². The van der Waals surface area contributed by atoms with Gasteiger partial charge >= 0.3 is 0 Å². The minimum absolute atomic E-state index is 0.374. The Morgan fingerprint density at radius 1 is 1.15 bits per heavy atom. The van der Waals surface area contributed by atoms with Crippen molar-refractivity contribution in [3.05, 3.63) is 35.4 Å². The molecule has 0 amide bonds. The summed E-state index contributed by atoms with van der Waals surface area (Å²) >= 11 is 0. The fourth-order valence-electron chi connectivity index (χ4n) is 6.14. The summed E-state index contributed by atoms with van der Waals surface area (Å²) in [5.41, 5.74) is 4.12. The molecule has 1 aromatic carbocycles. The summed E-state index contributed by atoms with van der Waals surface area (Å²) in [6, 6.07) is 10.8. The highest BCUT2D eigenvalue weighted by Crippen LogP contribution is 2.59. The van der Waals surface area contributed by atoms with Gasteiger partial charge in [0.2, 0.25) is 0 Å².